The fourth-order valence-electron chi connectivity index (χ4n) is 4.66. The number of nitrogens with one attached hydrogen (secondary N) is 4. The molecule has 4 N–H and O–H groups in total. The zero-order valence-electron chi connectivity index (χ0n) is 17.0. The number of thiocarbonyl (C=S) groups is 1. The van der Waals surface area contributed by atoms with Crippen LogP contribution >= 0.6 is 12.2 Å². The van der Waals surface area contributed by atoms with E-state index in [2.05, 4.69) is 21.9 Å². The van der Waals surface area contributed by atoms with Gasteiger partial charge in [0, 0.05) is 13.1 Å². The number of quaternary nitrogens is 4. The van der Waals surface area contributed by atoms with Gasteiger partial charge in [0.2, 0.25) is 0 Å². The van der Waals surface area contributed by atoms with Gasteiger partial charge in [0.05, 0.1) is 38.1 Å². The molecule has 9 heteroatoms. The summed E-state index contributed by atoms with van der Waals surface area (Å²) >= 11 is 5.80. The number of piperazine rings is 2. The van der Waals surface area contributed by atoms with Gasteiger partial charge >= 0.3 is 0 Å². The Morgan fingerprint density at radius 3 is 1.39 bits per heavy atom. The topological polar surface area (TPSA) is 71.8 Å². The molecule has 154 valence electrons. The minimum atomic E-state index is 0.673. The minimum Gasteiger partial charge on any atom is -0.325 e. The first-order valence-electron chi connectivity index (χ1n) is 10.8. The van der Waals surface area contributed by atoms with E-state index in [1.807, 2.05) is 0 Å². The maximum Gasteiger partial charge on any atom is 0.180 e. The monoisotopic (exact) mass is 408 g/mol. The molecule has 3 heterocycles. The maximum atomic E-state index is 8.75. The Hall–Kier alpha value is -1.49. The van der Waals surface area contributed by atoms with Crippen molar-refractivity contribution < 1.29 is 19.6 Å². The molecule has 8 nitrogen and oxygen atoms in total. The molecule has 0 saturated carbocycles. The molecule has 0 spiro atoms. The Morgan fingerprint density at radius 1 is 0.679 bits per heavy atom. The van der Waals surface area contributed by atoms with Crippen LogP contribution in [0.1, 0.15) is 12.8 Å². The van der Waals surface area contributed by atoms with E-state index in [-0.39, 0.29) is 0 Å². The first-order chi connectivity index (χ1) is 13.7. The molecular weight excluding hydrogens is 372 g/mol. The molecule has 0 bridgehead atoms. The summed E-state index contributed by atoms with van der Waals surface area (Å²) in [6.45, 7) is 15.6. The highest BCUT2D eigenvalue weighted by Crippen LogP contribution is 2.05. The minimum absolute atomic E-state index is 0.673. The van der Waals surface area contributed by atoms with E-state index in [0.717, 1.165) is 44.6 Å². The summed E-state index contributed by atoms with van der Waals surface area (Å²) < 4.78 is 0. The standard InChI is InChI=1S/C19H32N8S/c20-3-1-5-22-7-11-24(12-8-22)17-26-15-16-27(19(26)28)18-25-13-9-23(10-14-25)6-2-4-21/h1-2,5-18H2/p+4. The molecule has 3 aliphatic rings. The Labute approximate surface area is 174 Å². The van der Waals surface area contributed by atoms with Crippen molar-refractivity contribution in [3.8, 4) is 12.1 Å². The van der Waals surface area contributed by atoms with Gasteiger partial charge in [-0.2, -0.15) is 10.5 Å². The van der Waals surface area contributed by atoms with E-state index in [9.17, 15) is 0 Å². The van der Waals surface area contributed by atoms with E-state index in [1.54, 1.807) is 19.6 Å². The van der Waals surface area contributed by atoms with Crippen LogP contribution in [0.5, 0.6) is 0 Å². The lowest BCUT2D eigenvalue weighted by molar-refractivity contribution is -1.02. The van der Waals surface area contributed by atoms with Gasteiger partial charge in [-0.15, -0.1) is 0 Å². The van der Waals surface area contributed by atoms with E-state index in [1.165, 1.54) is 52.4 Å². The van der Waals surface area contributed by atoms with Crippen molar-refractivity contribution in [2.24, 2.45) is 0 Å². The van der Waals surface area contributed by atoms with Crippen molar-refractivity contribution in [3.63, 3.8) is 0 Å². The van der Waals surface area contributed by atoms with Crippen molar-refractivity contribution >= 4 is 17.3 Å². The van der Waals surface area contributed by atoms with Crippen molar-refractivity contribution in [1.82, 2.24) is 9.80 Å². The second kappa shape index (κ2) is 10.9. The van der Waals surface area contributed by atoms with Gasteiger partial charge in [0.1, 0.15) is 52.4 Å². The summed E-state index contributed by atoms with van der Waals surface area (Å²) in [6.07, 6.45) is 1.35. The molecule has 0 atom stereocenters. The predicted molar refractivity (Wildman–Crippen MR) is 109 cm³/mol. The summed E-state index contributed by atoms with van der Waals surface area (Å²) in [5.74, 6) is 0. The summed E-state index contributed by atoms with van der Waals surface area (Å²) in [5, 5.41) is 18.5. The van der Waals surface area contributed by atoms with Gasteiger partial charge in [0.25, 0.3) is 0 Å². The van der Waals surface area contributed by atoms with Crippen LogP contribution in [0.4, 0.5) is 0 Å². The molecule has 0 radical (unpaired) electrons. The Balaban J connectivity index is 1.35. The fourth-order valence-corrected chi connectivity index (χ4v) is 4.97. The Kier molecular flexibility index (Phi) is 8.26. The third kappa shape index (κ3) is 6.00. The van der Waals surface area contributed by atoms with Gasteiger partial charge in [-0.05, 0) is 12.2 Å². The SMILES string of the molecule is N#CCC[NH+]1CC[NH+](CN2CCN(C[NH+]3CC[NH+](CCC#N)CC3)C2=S)CC1. The predicted octanol–water partition coefficient (Wildman–Crippen LogP) is -5.80. The average molecular weight is 409 g/mol. The highest BCUT2D eigenvalue weighted by molar-refractivity contribution is 7.80. The largest absolute Gasteiger partial charge is 0.325 e. The molecule has 0 amide bonds. The van der Waals surface area contributed by atoms with Gasteiger partial charge < -0.3 is 29.4 Å². The molecule has 0 aliphatic carbocycles. The zero-order valence-corrected chi connectivity index (χ0v) is 17.8. The summed E-state index contributed by atoms with van der Waals surface area (Å²) in [5.41, 5.74) is 0. The number of nitriles is 2. The summed E-state index contributed by atoms with van der Waals surface area (Å²) in [4.78, 5) is 11.2. The van der Waals surface area contributed by atoms with Crippen LogP contribution in [-0.2, 0) is 0 Å². The highest BCUT2D eigenvalue weighted by Gasteiger charge is 2.33. The molecule has 0 aromatic heterocycles. The molecule has 3 aliphatic heterocycles. The van der Waals surface area contributed by atoms with Crippen molar-refractivity contribution in [2.75, 3.05) is 91.9 Å². The Morgan fingerprint density at radius 2 is 1.04 bits per heavy atom. The number of hydrogen-bond acceptors (Lipinski definition) is 3. The summed E-state index contributed by atoms with van der Waals surface area (Å²) in [6, 6.07) is 4.53. The van der Waals surface area contributed by atoms with Crippen LogP contribution in [-0.4, -0.2) is 107 Å². The van der Waals surface area contributed by atoms with Crippen LogP contribution in [0.2, 0.25) is 0 Å². The lowest BCUT2D eigenvalue weighted by Gasteiger charge is -2.33. The van der Waals surface area contributed by atoms with Gasteiger partial charge in [-0.1, -0.05) is 0 Å². The van der Waals surface area contributed by atoms with Gasteiger partial charge in [-0.3, -0.25) is 0 Å². The van der Waals surface area contributed by atoms with Crippen LogP contribution in [0.15, 0.2) is 0 Å². The number of nitrogens with zero attached hydrogens (tertiary/aromatic N) is 4. The van der Waals surface area contributed by atoms with E-state index in [0.29, 0.717) is 12.8 Å². The molecule has 0 unspecified atom stereocenters. The first kappa shape index (κ1) is 21.2. The zero-order chi connectivity index (χ0) is 19.8. The lowest BCUT2D eigenvalue weighted by atomic mass is 10.3. The van der Waals surface area contributed by atoms with Crippen molar-refractivity contribution in [3.05, 3.63) is 0 Å². The van der Waals surface area contributed by atoms with Crippen LogP contribution in [0, 0.1) is 22.7 Å². The Bertz CT molecular complexity index is 534. The van der Waals surface area contributed by atoms with Crippen LogP contribution < -0.4 is 19.6 Å². The van der Waals surface area contributed by atoms with E-state index < -0.39 is 0 Å². The molecule has 3 rings (SSSR count). The molecule has 3 fully saturated rings. The quantitative estimate of drug-likeness (QED) is 0.301. The second-order valence-corrected chi connectivity index (χ2v) is 8.81. The van der Waals surface area contributed by atoms with E-state index >= 15 is 0 Å². The highest BCUT2D eigenvalue weighted by atomic mass is 32.1. The van der Waals surface area contributed by atoms with E-state index in [4.69, 9.17) is 22.7 Å². The smallest absolute Gasteiger partial charge is 0.180 e. The normalized spacial score (nSPS) is 30.9. The molecule has 3 saturated heterocycles. The average Bonchev–Trinajstić information content (AvgIpc) is 3.06. The molecule has 0 aromatic carbocycles. The van der Waals surface area contributed by atoms with Crippen molar-refractivity contribution in [1.29, 1.82) is 10.5 Å². The molecule has 28 heavy (non-hydrogen) atoms. The van der Waals surface area contributed by atoms with Crippen LogP contribution in [0.25, 0.3) is 0 Å². The lowest BCUT2D eigenvalue weighted by Crippen LogP contribution is -3.28. The molecular formula is C19H36N8S+4. The second-order valence-electron chi connectivity index (χ2n) is 8.44. The number of hydrogen-bond donors (Lipinski definition) is 4. The van der Waals surface area contributed by atoms with Gasteiger partial charge in [-0.25, -0.2) is 0 Å². The maximum absolute atomic E-state index is 8.75. The van der Waals surface area contributed by atoms with Crippen molar-refractivity contribution in [2.45, 2.75) is 12.8 Å². The summed E-state index contributed by atoms with van der Waals surface area (Å²) in [7, 11) is 0. The van der Waals surface area contributed by atoms with Crippen LogP contribution in [0.3, 0.4) is 0 Å². The van der Waals surface area contributed by atoms with Gasteiger partial charge in [0.15, 0.2) is 18.4 Å². The fraction of sp³-hybridized carbons (Fsp3) is 0.842. The third-order valence-corrected chi connectivity index (χ3v) is 7.04. The first-order valence-corrected chi connectivity index (χ1v) is 11.2. The third-order valence-electron chi connectivity index (χ3n) is 6.52. The number of rotatable bonds is 8. The molecule has 0 aromatic rings.